The van der Waals surface area contributed by atoms with E-state index in [-0.39, 0.29) is 23.9 Å². The van der Waals surface area contributed by atoms with Gasteiger partial charge in [-0.3, -0.25) is 9.48 Å². The highest BCUT2D eigenvalue weighted by atomic mass is 19.3. The Morgan fingerprint density at radius 1 is 1.67 bits per heavy atom. The van der Waals surface area contributed by atoms with Gasteiger partial charge in [-0.25, -0.2) is 8.78 Å². The van der Waals surface area contributed by atoms with Crippen molar-refractivity contribution in [3.8, 4) is 0 Å². The number of carbonyl (C=O) groups excluding carboxylic acids is 1. The van der Waals surface area contributed by atoms with Gasteiger partial charge in [0.1, 0.15) is 5.69 Å². The van der Waals surface area contributed by atoms with Crippen molar-refractivity contribution >= 4 is 5.91 Å². The molecule has 1 aromatic rings. The lowest BCUT2D eigenvalue weighted by molar-refractivity contribution is -0.119. The van der Waals surface area contributed by atoms with Crippen molar-refractivity contribution in [3.05, 3.63) is 17.5 Å². The fraction of sp³-hybridized carbons (Fsp3) is 0.556. The van der Waals surface area contributed by atoms with Gasteiger partial charge < -0.3 is 5.32 Å². The van der Waals surface area contributed by atoms with E-state index >= 15 is 0 Å². The molecule has 0 bridgehead atoms. The van der Waals surface area contributed by atoms with Crippen LogP contribution in [0.15, 0.2) is 6.20 Å². The molecular formula is C9H11F2N3O. The average Bonchev–Trinajstić information content (AvgIpc) is 2.71. The minimum Gasteiger partial charge on any atom is -0.355 e. The monoisotopic (exact) mass is 215 g/mol. The summed E-state index contributed by atoms with van der Waals surface area (Å²) < 4.78 is 26.6. The van der Waals surface area contributed by atoms with Crippen molar-refractivity contribution in [2.45, 2.75) is 18.8 Å². The number of carbonyl (C=O) groups is 1. The number of rotatable bonds is 2. The molecule has 2 heterocycles. The maximum atomic E-state index is 12.6. The molecule has 1 atom stereocenters. The first kappa shape index (κ1) is 10.1. The summed E-state index contributed by atoms with van der Waals surface area (Å²) in [5, 5.41) is 6.33. The third-order valence-corrected chi connectivity index (χ3v) is 2.51. The van der Waals surface area contributed by atoms with Crippen molar-refractivity contribution in [1.82, 2.24) is 15.1 Å². The van der Waals surface area contributed by atoms with Crippen LogP contribution in [0.3, 0.4) is 0 Å². The number of aromatic nitrogens is 2. The Hall–Kier alpha value is -1.46. The molecule has 15 heavy (non-hydrogen) atoms. The lowest BCUT2D eigenvalue weighted by Crippen LogP contribution is -2.13. The van der Waals surface area contributed by atoms with Crippen molar-refractivity contribution in [2.24, 2.45) is 7.05 Å². The summed E-state index contributed by atoms with van der Waals surface area (Å²) in [5.41, 5.74) is 0.268. The second-order valence-electron chi connectivity index (χ2n) is 3.65. The van der Waals surface area contributed by atoms with Crippen LogP contribution in [0.25, 0.3) is 0 Å². The maximum Gasteiger partial charge on any atom is 0.282 e. The molecule has 4 nitrogen and oxygen atoms in total. The SMILES string of the molecule is Cn1cc(C2CNC(=O)C2)c(C(F)F)n1. The molecule has 0 radical (unpaired) electrons. The number of amides is 1. The van der Waals surface area contributed by atoms with E-state index in [1.54, 1.807) is 13.2 Å². The van der Waals surface area contributed by atoms with Crippen LogP contribution in [-0.2, 0) is 11.8 Å². The Labute approximate surface area is 85.3 Å². The zero-order chi connectivity index (χ0) is 11.0. The minimum atomic E-state index is -2.59. The second-order valence-corrected chi connectivity index (χ2v) is 3.65. The molecule has 0 saturated carbocycles. The topological polar surface area (TPSA) is 46.9 Å². The first-order chi connectivity index (χ1) is 7.08. The van der Waals surface area contributed by atoms with Crippen LogP contribution >= 0.6 is 0 Å². The van der Waals surface area contributed by atoms with Gasteiger partial charge in [-0.05, 0) is 0 Å². The molecular weight excluding hydrogens is 204 g/mol. The normalized spacial score (nSPS) is 21.1. The van der Waals surface area contributed by atoms with Crippen LogP contribution in [0.4, 0.5) is 8.78 Å². The maximum absolute atomic E-state index is 12.6. The molecule has 1 fully saturated rings. The molecule has 1 saturated heterocycles. The van der Waals surface area contributed by atoms with E-state index in [0.717, 1.165) is 0 Å². The Morgan fingerprint density at radius 3 is 2.93 bits per heavy atom. The van der Waals surface area contributed by atoms with E-state index in [0.29, 0.717) is 12.1 Å². The third kappa shape index (κ3) is 1.84. The Kier molecular flexibility index (Phi) is 2.42. The van der Waals surface area contributed by atoms with Crippen LogP contribution in [0.2, 0.25) is 0 Å². The Bertz CT molecular complexity index is 389. The van der Waals surface area contributed by atoms with Gasteiger partial charge in [0.25, 0.3) is 6.43 Å². The molecule has 1 aliphatic rings. The van der Waals surface area contributed by atoms with Crippen molar-refractivity contribution in [3.63, 3.8) is 0 Å². The summed E-state index contributed by atoms with van der Waals surface area (Å²) >= 11 is 0. The second kappa shape index (κ2) is 3.60. The van der Waals surface area contributed by atoms with Crippen LogP contribution in [0.5, 0.6) is 0 Å². The van der Waals surface area contributed by atoms with Gasteiger partial charge in [0.2, 0.25) is 5.91 Å². The molecule has 1 aliphatic heterocycles. The zero-order valence-electron chi connectivity index (χ0n) is 8.20. The summed E-state index contributed by atoms with van der Waals surface area (Å²) in [6.45, 7) is 0.421. The fourth-order valence-electron chi connectivity index (χ4n) is 1.83. The lowest BCUT2D eigenvalue weighted by atomic mass is 9.99. The molecule has 1 aromatic heterocycles. The molecule has 1 unspecified atom stereocenters. The van der Waals surface area contributed by atoms with E-state index in [4.69, 9.17) is 0 Å². The third-order valence-electron chi connectivity index (χ3n) is 2.51. The molecule has 1 amide bonds. The number of alkyl halides is 2. The van der Waals surface area contributed by atoms with Crippen molar-refractivity contribution < 1.29 is 13.6 Å². The number of hydrogen-bond donors (Lipinski definition) is 1. The first-order valence-corrected chi connectivity index (χ1v) is 4.66. The largest absolute Gasteiger partial charge is 0.355 e. The highest BCUT2D eigenvalue weighted by Crippen LogP contribution is 2.30. The van der Waals surface area contributed by atoms with E-state index in [9.17, 15) is 13.6 Å². The van der Waals surface area contributed by atoms with Crippen molar-refractivity contribution in [1.29, 1.82) is 0 Å². The highest BCUT2D eigenvalue weighted by Gasteiger charge is 2.29. The summed E-state index contributed by atoms with van der Waals surface area (Å²) in [7, 11) is 1.60. The fourth-order valence-corrected chi connectivity index (χ4v) is 1.83. The van der Waals surface area contributed by atoms with Gasteiger partial charge in [0, 0.05) is 37.7 Å². The number of nitrogens with one attached hydrogen (secondary N) is 1. The predicted molar refractivity (Wildman–Crippen MR) is 48.5 cm³/mol. The Morgan fingerprint density at radius 2 is 2.40 bits per heavy atom. The van der Waals surface area contributed by atoms with E-state index in [1.807, 2.05) is 0 Å². The summed E-state index contributed by atoms with van der Waals surface area (Å²) in [5.74, 6) is -0.265. The first-order valence-electron chi connectivity index (χ1n) is 4.66. The van der Waals surface area contributed by atoms with Gasteiger partial charge >= 0.3 is 0 Å². The molecule has 6 heteroatoms. The average molecular weight is 215 g/mol. The van der Waals surface area contributed by atoms with Crippen LogP contribution in [0, 0.1) is 0 Å². The number of aryl methyl sites for hydroxylation is 1. The number of nitrogens with zero attached hydrogens (tertiary/aromatic N) is 2. The van der Waals surface area contributed by atoms with Crippen LogP contribution < -0.4 is 5.32 Å². The van der Waals surface area contributed by atoms with Gasteiger partial charge in [0.15, 0.2) is 0 Å². The predicted octanol–water partition coefficient (Wildman–Crippen LogP) is 0.961. The minimum absolute atomic E-state index is 0.0935. The summed E-state index contributed by atoms with van der Waals surface area (Å²) in [6.07, 6.45) is -0.755. The molecule has 0 aromatic carbocycles. The van der Waals surface area contributed by atoms with Gasteiger partial charge in [0.05, 0.1) is 0 Å². The molecule has 0 aliphatic carbocycles. The van der Waals surface area contributed by atoms with Crippen LogP contribution in [0.1, 0.15) is 30.0 Å². The zero-order valence-corrected chi connectivity index (χ0v) is 8.20. The van der Waals surface area contributed by atoms with Crippen molar-refractivity contribution in [2.75, 3.05) is 6.54 Å². The Balaban J connectivity index is 2.30. The van der Waals surface area contributed by atoms with Gasteiger partial charge in [-0.1, -0.05) is 0 Å². The quantitative estimate of drug-likeness (QED) is 0.798. The standard InChI is InChI=1S/C9H11F2N3O/c1-14-4-6(8(13-14)9(10)11)5-2-7(15)12-3-5/h4-5,9H,2-3H2,1H3,(H,12,15). The van der Waals surface area contributed by atoms with Gasteiger partial charge in [-0.15, -0.1) is 0 Å². The van der Waals surface area contributed by atoms with E-state index in [2.05, 4.69) is 10.4 Å². The number of hydrogen-bond acceptors (Lipinski definition) is 2. The van der Waals surface area contributed by atoms with Crippen LogP contribution in [-0.4, -0.2) is 22.2 Å². The number of halogens is 2. The molecule has 0 spiro atoms. The lowest BCUT2D eigenvalue weighted by Gasteiger charge is -2.06. The van der Waals surface area contributed by atoms with E-state index < -0.39 is 6.43 Å². The smallest absolute Gasteiger partial charge is 0.282 e. The van der Waals surface area contributed by atoms with E-state index in [1.165, 1.54) is 4.68 Å². The highest BCUT2D eigenvalue weighted by molar-refractivity contribution is 5.79. The summed E-state index contributed by atoms with van der Waals surface area (Å²) in [6, 6.07) is 0. The molecule has 82 valence electrons. The molecule has 1 N–H and O–H groups in total. The molecule has 2 rings (SSSR count). The summed E-state index contributed by atoms with van der Waals surface area (Å²) in [4.78, 5) is 11.0. The van der Waals surface area contributed by atoms with Gasteiger partial charge in [-0.2, -0.15) is 5.10 Å².